The van der Waals surface area contributed by atoms with Gasteiger partial charge >= 0.3 is 0 Å². The molecule has 6 heteroatoms. The molecule has 3 rings (SSSR count). The van der Waals surface area contributed by atoms with E-state index in [1.54, 1.807) is 6.20 Å². The second-order valence-corrected chi connectivity index (χ2v) is 6.32. The van der Waals surface area contributed by atoms with Crippen LogP contribution in [0.2, 0.25) is 0 Å². The molecule has 128 valence electrons. The summed E-state index contributed by atoms with van der Waals surface area (Å²) in [7, 11) is 0. The summed E-state index contributed by atoms with van der Waals surface area (Å²) in [6.07, 6.45) is 5.59. The topological polar surface area (TPSA) is 72.7 Å². The molecule has 0 fully saturated rings. The Morgan fingerprint density at radius 1 is 1.16 bits per heavy atom. The van der Waals surface area contributed by atoms with E-state index in [9.17, 15) is 4.79 Å². The van der Waals surface area contributed by atoms with Crippen molar-refractivity contribution >= 4 is 11.6 Å². The summed E-state index contributed by atoms with van der Waals surface area (Å²) in [6, 6.07) is 11.6. The largest absolute Gasteiger partial charge is 0.326 e. The van der Waals surface area contributed by atoms with Crippen LogP contribution in [0.25, 0.3) is 11.3 Å². The highest BCUT2D eigenvalue weighted by Crippen LogP contribution is 2.27. The fraction of sp³-hybridized carbons (Fsp3) is 0.263. The number of anilines is 1. The van der Waals surface area contributed by atoms with E-state index in [0.29, 0.717) is 5.92 Å². The molecule has 1 N–H and O–H groups in total. The third-order valence-electron chi connectivity index (χ3n) is 3.95. The van der Waals surface area contributed by atoms with E-state index in [0.717, 1.165) is 22.5 Å². The van der Waals surface area contributed by atoms with Crippen LogP contribution in [-0.2, 0) is 4.79 Å². The van der Waals surface area contributed by atoms with Crippen LogP contribution >= 0.6 is 0 Å². The van der Waals surface area contributed by atoms with Gasteiger partial charge in [0.05, 0.1) is 12.2 Å². The molecule has 0 unspecified atom stereocenters. The van der Waals surface area contributed by atoms with Crippen LogP contribution in [0.4, 0.5) is 5.69 Å². The number of nitrogens with one attached hydrogen (secondary N) is 1. The monoisotopic (exact) mass is 335 g/mol. The molecule has 0 radical (unpaired) electrons. The molecule has 0 aliphatic rings. The molecule has 2 aromatic heterocycles. The lowest BCUT2D eigenvalue weighted by Crippen LogP contribution is -2.17. The predicted octanol–water partition coefficient (Wildman–Crippen LogP) is 3.54. The Balaban J connectivity index is 1.87. The number of hydrogen-bond acceptors (Lipinski definition) is 4. The summed E-state index contributed by atoms with van der Waals surface area (Å²) in [5, 5.41) is 11.4. The number of hydrogen-bond donors (Lipinski definition) is 1. The first-order valence-electron chi connectivity index (χ1n) is 8.24. The highest BCUT2D eigenvalue weighted by atomic mass is 16.1. The number of nitrogens with zero attached hydrogens (tertiary/aromatic N) is 4. The molecule has 0 saturated heterocycles. The molecule has 25 heavy (non-hydrogen) atoms. The van der Waals surface area contributed by atoms with E-state index in [1.807, 2.05) is 47.4 Å². The highest BCUT2D eigenvalue weighted by Gasteiger charge is 2.20. The van der Waals surface area contributed by atoms with Crippen LogP contribution in [0.1, 0.15) is 32.4 Å². The number of rotatable bonds is 5. The molecular formula is C19H21N5O. The maximum absolute atomic E-state index is 11.1. The average molecular weight is 335 g/mol. The van der Waals surface area contributed by atoms with Gasteiger partial charge in [-0.25, -0.2) is 4.68 Å². The first-order chi connectivity index (χ1) is 12.0. The standard InChI is InChI=1S/C19H21N5O/c1-13(2)19(16-5-4-10-20-11-16)24-12-18(22-23-24)15-6-8-17(9-7-15)21-14(3)25/h4-13,19H,1-3H3,(H,21,25)/t19-/m0/s1. The van der Waals surface area contributed by atoms with Gasteiger partial charge in [0, 0.05) is 30.6 Å². The quantitative estimate of drug-likeness (QED) is 0.774. The van der Waals surface area contributed by atoms with Crippen molar-refractivity contribution in [2.45, 2.75) is 26.8 Å². The summed E-state index contributed by atoms with van der Waals surface area (Å²) in [5.74, 6) is 0.260. The van der Waals surface area contributed by atoms with Gasteiger partial charge in [0.1, 0.15) is 5.69 Å². The summed E-state index contributed by atoms with van der Waals surface area (Å²) < 4.78 is 1.89. The van der Waals surface area contributed by atoms with E-state index in [1.165, 1.54) is 6.92 Å². The molecule has 6 nitrogen and oxygen atoms in total. The highest BCUT2D eigenvalue weighted by molar-refractivity contribution is 5.88. The summed E-state index contributed by atoms with van der Waals surface area (Å²) in [6.45, 7) is 5.80. The number of pyridine rings is 1. The van der Waals surface area contributed by atoms with Gasteiger partial charge in [-0.3, -0.25) is 9.78 Å². The van der Waals surface area contributed by atoms with Crippen LogP contribution in [0.15, 0.2) is 55.0 Å². The molecule has 2 heterocycles. The third kappa shape index (κ3) is 3.91. The van der Waals surface area contributed by atoms with Crippen molar-refractivity contribution in [2.24, 2.45) is 5.92 Å². The van der Waals surface area contributed by atoms with Crippen molar-refractivity contribution in [2.75, 3.05) is 5.32 Å². The summed E-state index contributed by atoms with van der Waals surface area (Å²) >= 11 is 0. The zero-order valence-electron chi connectivity index (χ0n) is 14.5. The molecular weight excluding hydrogens is 314 g/mol. The van der Waals surface area contributed by atoms with Crippen LogP contribution in [0.3, 0.4) is 0 Å². The molecule has 0 spiro atoms. The molecule has 1 amide bonds. The first-order valence-corrected chi connectivity index (χ1v) is 8.24. The number of amides is 1. The lowest BCUT2D eigenvalue weighted by molar-refractivity contribution is -0.114. The molecule has 0 saturated carbocycles. The second-order valence-electron chi connectivity index (χ2n) is 6.32. The zero-order chi connectivity index (χ0) is 17.8. The van der Waals surface area contributed by atoms with Crippen LogP contribution in [0, 0.1) is 5.92 Å². The first kappa shape index (κ1) is 16.8. The molecule has 0 aliphatic heterocycles. The third-order valence-corrected chi connectivity index (χ3v) is 3.95. The summed E-state index contributed by atoms with van der Waals surface area (Å²) in [4.78, 5) is 15.3. The number of benzene rings is 1. The van der Waals surface area contributed by atoms with Crippen molar-refractivity contribution in [1.29, 1.82) is 0 Å². The van der Waals surface area contributed by atoms with Crippen LogP contribution in [0.5, 0.6) is 0 Å². The zero-order valence-corrected chi connectivity index (χ0v) is 14.5. The maximum Gasteiger partial charge on any atom is 0.221 e. The van der Waals surface area contributed by atoms with Crippen molar-refractivity contribution < 1.29 is 4.79 Å². The normalized spacial score (nSPS) is 12.2. The molecule has 1 atom stereocenters. The van der Waals surface area contributed by atoms with Gasteiger partial charge in [-0.15, -0.1) is 5.10 Å². The van der Waals surface area contributed by atoms with Gasteiger partial charge in [-0.2, -0.15) is 0 Å². The smallest absolute Gasteiger partial charge is 0.221 e. The fourth-order valence-electron chi connectivity index (χ4n) is 2.87. The van der Waals surface area contributed by atoms with Gasteiger partial charge in [0.25, 0.3) is 0 Å². The molecule has 0 aliphatic carbocycles. The Kier molecular flexibility index (Phi) is 4.88. The van der Waals surface area contributed by atoms with Gasteiger partial charge in [0.15, 0.2) is 0 Å². The van der Waals surface area contributed by atoms with E-state index < -0.39 is 0 Å². The molecule has 1 aromatic carbocycles. The second kappa shape index (κ2) is 7.25. The predicted molar refractivity (Wildman–Crippen MR) is 97.0 cm³/mol. The Bertz CT molecular complexity index is 840. The number of aromatic nitrogens is 4. The Morgan fingerprint density at radius 3 is 2.52 bits per heavy atom. The van der Waals surface area contributed by atoms with E-state index in [-0.39, 0.29) is 11.9 Å². The van der Waals surface area contributed by atoms with Crippen molar-refractivity contribution in [1.82, 2.24) is 20.0 Å². The van der Waals surface area contributed by atoms with Crippen molar-refractivity contribution in [3.05, 3.63) is 60.6 Å². The van der Waals surface area contributed by atoms with Crippen molar-refractivity contribution in [3.63, 3.8) is 0 Å². The maximum atomic E-state index is 11.1. The Hall–Kier alpha value is -3.02. The average Bonchev–Trinajstić information content (AvgIpc) is 3.05. The molecule has 0 bridgehead atoms. The summed E-state index contributed by atoms with van der Waals surface area (Å²) in [5.41, 5.74) is 3.62. The lowest BCUT2D eigenvalue weighted by atomic mass is 9.98. The SMILES string of the molecule is CC(=O)Nc1ccc(-c2cn([C@H](c3cccnc3)C(C)C)nn2)cc1. The number of carbonyl (C=O) groups excluding carboxylic acids is 1. The van der Waals surface area contributed by atoms with Gasteiger partial charge < -0.3 is 5.32 Å². The Morgan fingerprint density at radius 2 is 1.92 bits per heavy atom. The van der Waals surface area contributed by atoms with Crippen molar-refractivity contribution in [3.8, 4) is 11.3 Å². The van der Waals surface area contributed by atoms with E-state index >= 15 is 0 Å². The fourth-order valence-corrected chi connectivity index (χ4v) is 2.87. The van der Waals surface area contributed by atoms with Crippen LogP contribution < -0.4 is 5.32 Å². The lowest BCUT2D eigenvalue weighted by Gasteiger charge is -2.20. The van der Waals surface area contributed by atoms with Crippen LogP contribution in [-0.4, -0.2) is 25.9 Å². The van der Waals surface area contributed by atoms with Gasteiger partial charge in [-0.05, 0) is 29.7 Å². The minimum absolute atomic E-state index is 0.0774. The Labute approximate surface area is 146 Å². The van der Waals surface area contributed by atoms with Gasteiger partial charge in [0.2, 0.25) is 5.91 Å². The molecule has 3 aromatic rings. The number of carbonyl (C=O) groups is 1. The van der Waals surface area contributed by atoms with Gasteiger partial charge in [-0.1, -0.05) is 37.3 Å². The van der Waals surface area contributed by atoms with E-state index in [4.69, 9.17) is 0 Å². The van der Waals surface area contributed by atoms with E-state index in [2.05, 4.69) is 40.5 Å². The minimum atomic E-state index is -0.0880. The minimum Gasteiger partial charge on any atom is -0.326 e.